The molecule has 154 valence electrons. The van der Waals surface area contributed by atoms with Gasteiger partial charge in [0.2, 0.25) is 0 Å². The molecule has 0 amide bonds. The molecule has 3 fully saturated rings. The van der Waals surface area contributed by atoms with Crippen molar-refractivity contribution in [2.24, 2.45) is 11.8 Å². The molecule has 3 aliphatic rings. The van der Waals surface area contributed by atoms with Gasteiger partial charge in [0, 0.05) is 32.2 Å². The summed E-state index contributed by atoms with van der Waals surface area (Å²) in [4.78, 5) is 5.36. The van der Waals surface area contributed by atoms with Crippen LogP contribution in [0.4, 0.5) is 0 Å². The number of nitrogens with zero attached hydrogens (tertiary/aromatic N) is 2. The van der Waals surface area contributed by atoms with Crippen molar-refractivity contribution in [1.29, 1.82) is 0 Å². The highest BCUT2D eigenvalue weighted by Crippen LogP contribution is 2.47. The van der Waals surface area contributed by atoms with Crippen molar-refractivity contribution >= 4 is 0 Å². The fraction of sp³-hybridized carbons (Fsp3) is 0.556. The van der Waals surface area contributed by atoms with Gasteiger partial charge in [-0.05, 0) is 80.0 Å². The number of rotatable bonds is 6. The number of fused-ring (bicyclic) bond motifs is 1. The molecule has 2 saturated heterocycles. The van der Waals surface area contributed by atoms with E-state index in [0.717, 1.165) is 30.3 Å². The molecule has 1 aliphatic carbocycles. The Hall–Kier alpha value is -1.64. The van der Waals surface area contributed by atoms with Gasteiger partial charge in [0.25, 0.3) is 0 Å². The first kappa shape index (κ1) is 19.3. The van der Waals surface area contributed by atoms with E-state index in [-0.39, 0.29) is 0 Å². The highest BCUT2D eigenvalue weighted by Gasteiger charge is 2.42. The molecule has 5 rings (SSSR count). The minimum atomic E-state index is 0.772. The van der Waals surface area contributed by atoms with E-state index < -0.39 is 0 Å². The molecule has 0 radical (unpaired) electrons. The van der Waals surface area contributed by atoms with Gasteiger partial charge in [-0.25, -0.2) is 0 Å². The maximum absolute atomic E-state index is 2.70. The first-order chi connectivity index (χ1) is 14.3. The topological polar surface area (TPSA) is 6.48 Å². The molecule has 1 saturated carbocycles. The highest BCUT2D eigenvalue weighted by molar-refractivity contribution is 5.28. The fourth-order valence-electron chi connectivity index (χ4n) is 6.27. The Labute approximate surface area is 176 Å². The van der Waals surface area contributed by atoms with Crippen molar-refractivity contribution < 1.29 is 0 Å². The molecule has 2 aromatic rings. The quantitative estimate of drug-likeness (QED) is 0.659. The number of hydrogen-bond donors (Lipinski definition) is 0. The van der Waals surface area contributed by atoms with Crippen LogP contribution in [0.25, 0.3) is 0 Å². The Bertz CT molecular complexity index is 784. The second-order valence-corrected chi connectivity index (χ2v) is 9.81. The van der Waals surface area contributed by atoms with E-state index >= 15 is 0 Å². The minimum Gasteiger partial charge on any atom is -0.300 e. The summed E-state index contributed by atoms with van der Waals surface area (Å²) in [7, 11) is 0. The molecular formula is C27H36N2. The summed E-state index contributed by atoms with van der Waals surface area (Å²) in [5.41, 5.74) is 4.57. The van der Waals surface area contributed by atoms with E-state index in [1.807, 2.05) is 0 Å². The Balaban J connectivity index is 1.18. The normalized spacial score (nSPS) is 30.1. The zero-order valence-corrected chi connectivity index (χ0v) is 18.0. The second-order valence-electron chi connectivity index (χ2n) is 9.81. The lowest BCUT2D eigenvalue weighted by Crippen LogP contribution is -2.28. The summed E-state index contributed by atoms with van der Waals surface area (Å²) in [6, 6.07) is 21.5. The van der Waals surface area contributed by atoms with Crippen molar-refractivity contribution in [3.63, 3.8) is 0 Å². The molecule has 0 bridgehead atoms. The number of benzene rings is 2. The number of likely N-dealkylation sites (tertiary alicyclic amines) is 2. The Morgan fingerprint density at radius 2 is 1.69 bits per heavy atom. The van der Waals surface area contributed by atoms with Crippen LogP contribution in [0.5, 0.6) is 0 Å². The second kappa shape index (κ2) is 8.62. The van der Waals surface area contributed by atoms with Gasteiger partial charge >= 0.3 is 0 Å². The standard InChI is InChI=1S/C27H36N2/c1-21-6-5-16-29(21)17-15-22-9-11-24(12-10-22)26-14-13-25-19-28(20-27(25)26)18-23-7-3-2-4-8-23/h2-4,7-12,21,25-27H,5-6,13-20H2,1H3. The van der Waals surface area contributed by atoms with Gasteiger partial charge in [-0.3, -0.25) is 4.90 Å². The summed E-state index contributed by atoms with van der Waals surface area (Å²) in [5.74, 6) is 2.53. The van der Waals surface area contributed by atoms with E-state index in [1.165, 1.54) is 69.4 Å². The fourth-order valence-corrected chi connectivity index (χ4v) is 6.27. The molecule has 4 unspecified atom stereocenters. The zero-order valence-electron chi connectivity index (χ0n) is 18.0. The van der Waals surface area contributed by atoms with Gasteiger partial charge in [-0.2, -0.15) is 0 Å². The molecule has 0 spiro atoms. The largest absolute Gasteiger partial charge is 0.300 e. The third-order valence-electron chi connectivity index (χ3n) is 7.97. The third-order valence-corrected chi connectivity index (χ3v) is 7.97. The van der Waals surface area contributed by atoms with Crippen molar-refractivity contribution in [3.05, 3.63) is 71.3 Å². The average molecular weight is 389 g/mol. The van der Waals surface area contributed by atoms with E-state index in [0.29, 0.717) is 0 Å². The highest BCUT2D eigenvalue weighted by atomic mass is 15.2. The minimum absolute atomic E-state index is 0.772. The van der Waals surface area contributed by atoms with Gasteiger partial charge in [0.15, 0.2) is 0 Å². The predicted molar refractivity (Wildman–Crippen MR) is 121 cm³/mol. The first-order valence-corrected chi connectivity index (χ1v) is 11.9. The maximum atomic E-state index is 2.70. The van der Waals surface area contributed by atoms with Crippen LogP contribution in [-0.2, 0) is 13.0 Å². The van der Waals surface area contributed by atoms with Crippen LogP contribution in [0.2, 0.25) is 0 Å². The van der Waals surface area contributed by atoms with Crippen LogP contribution in [0.1, 0.15) is 55.2 Å². The predicted octanol–water partition coefficient (Wildman–Crippen LogP) is 5.34. The maximum Gasteiger partial charge on any atom is 0.0233 e. The molecular weight excluding hydrogens is 352 g/mol. The summed E-state index contributed by atoms with van der Waals surface area (Å²) < 4.78 is 0. The lowest BCUT2D eigenvalue weighted by molar-refractivity contribution is 0.272. The van der Waals surface area contributed by atoms with Crippen molar-refractivity contribution in [3.8, 4) is 0 Å². The van der Waals surface area contributed by atoms with Crippen LogP contribution >= 0.6 is 0 Å². The van der Waals surface area contributed by atoms with E-state index in [2.05, 4.69) is 71.3 Å². The van der Waals surface area contributed by atoms with Crippen LogP contribution in [0.3, 0.4) is 0 Å². The summed E-state index contributed by atoms with van der Waals surface area (Å²) in [5, 5.41) is 0. The summed E-state index contributed by atoms with van der Waals surface area (Å²) in [6.07, 6.45) is 6.76. The SMILES string of the molecule is CC1CCCN1CCc1ccc(C2CCC3CN(Cc4ccccc4)CC32)cc1. The van der Waals surface area contributed by atoms with Crippen molar-refractivity contribution in [2.45, 2.75) is 57.5 Å². The van der Waals surface area contributed by atoms with Gasteiger partial charge in [0.05, 0.1) is 0 Å². The van der Waals surface area contributed by atoms with Crippen molar-refractivity contribution in [2.75, 3.05) is 26.2 Å². The lowest BCUT2D eigenvalue weighted by atomic mass is 9.86. The third kappa shape index (κ3) is 4.29. The zero-order chi connectivity index (χ0) is 19.6. The van der Waals surface area contributed by atoms with Gasteiger partial charge < -0.3 is 4.90 Å². The van der Waals surface area contributed by atoms with E-state index in [1.54, 1.807) is 5.56 Å². The van der Waals surface area contributed by atoms with E-state index in [9.17, 15) is 0 Å². The first-order valence-electron chi connectivity index (χ1n) is 11.9. The van der Waals surface area contributed by atoms with Crippen LogP contribution in [0, 0.1) is 11.8 Å². The summed E-state index contributed by atoms with van der Waals surface area (Å²) >= 11 is 0. The molecule has 2 aliphatic heterocycles. The molecule has 2 heteroatoms. The van der Waals surface area contributed by atoms with Crippen molar-refractivity contribution in [1.82, 2.24) is 9.80 Å². The van der Waals surface area contributed by atoms with Gasteiger partial charge in [-0.1, -0.05) is 54.6 Å². The van der Waals surface area contributed by atoms with E-state index in [4.69, 9.17) is 0 Å². The van der Waals surface area contributed by atoms with Gasteiger partial charge in [-0.15, -0.1) is 0 Å². The lowest BCUT2D eigenvalue weighted by Gasteiger charge is -2.22. The molecule has 29 heavy (non-hydrogen) atoms. The molecule has 0 aromatic heterocycles. The average Bonchev–Trinajstić information content (AvgIpc) is 3.44. The van der Waals surface area contributed by atoms with Crippen LogP contribution in [0.15, 0.2) is 54.6 Å². The molecule has 0 N–H and O–H groups in total. The molecule has 4 atom stereocenters. The molecule has 2 nitrogen and oxygen atoms in total. The Morgan fingerprint density at radius 3 is 2.45 bits per heavy atom. The Kier molecular flexibility index (Phi) is 5.74. The smallest absolute Gasteiger partial charge is 0.0233 e. The van der Waals surface area contributed by atoms with Gasteiger partial charge in [0.1, 0.15) is 0 Å². The van der Waals surface area contributed by atoms with Crippen LogP contribution in [-0.4, -0.2) is 42.0 Å². The monoisotopic (exact) mass is 388 g/mol. The summed E-state index contributed by atoms with van der Waals surface area (Å²) in [6.45, 7) is 8.59. The Morgan fingerprint density at radius 1 is 0.862 bits per heavy atom. The molecule has 2 aromatic carbocycles. The molecule has 2 heterocycles. The van der Waals surface area contributed by atoms with Crippen LogP contribution < -0.4 is 0 Å². The number of hydrogen-bond acceptors (Lipinski definition) is 2.